The lowest BCUT2D eigenvalue weighted by Crippen LogP contribution is -2.48. The monoisotopic (exact) mass is 468 g/mol. The number of hydrogen-bond donors (Lipinski definition) is 1. The first-order valence-electron chi connectivity index (χ1n) is 12.5. The van der Waals surface area contributed by atoms with Gasteiger partial charge in [-0.3, -0.25) is 4.79 Å². The maximum Gasteiger partial charge on any atom is 0.253 e. The van der Waals surface area contributed by atoms with Gasteiger partial charge in [0.05, 0.1) is 11.6 Å². The summed E-state index contributed by atoms with van der Waals surface area (Å²) in [6.45, 7) is 14.3. The summed E-state index contributed by atoms with van der Waals surface area (Å²) >= 11 is 0. The van der Waals surface area contributed by atoms with Crippen molar-refractivity contribution in [2.45, 2.75) is 39.5 Å². The van der Waals surface area contributed by atoms with E-state index in [0.717, 1.165) is 48.5 Å². The Morgan fingerprint density at radius 2 is 1.74 bits per heavy atom. The Morgan fingerprint density at radius 1 is 1.09 bits per heavy atom. The number of piperidine rings is 1. The van der Waals surface area contributed by atoms with Gasteiger partial charge >= 0.3 is 0 Å². The molecule has 2 aromatic carbocycles. The Bertz CT molecular complexity index is 1170. The van der Waals surface area contributed by atoms with Gasteiger partial charge < -0.3 is 15.1 Å². The average Bonchev–Trinajstić information content (AvgIpc) is 2.82. The Labute approximate surface area is 209 Å². The number of carbonyl (C=O) groups excluding carboxylic acids is 1. The van der Waals surface area contributed by atoms with Crippen LogP contribution < -0.4 is 5.32 Å². The van der Waals surface area contributed by atoms with Gasteiger partial charge in [-0.2, -0.15) is 5.26 Å². The Hall–Kier alpha value is -3.36. The fourth-order valence-corrected chi connectivity index (χ4v) is 4.97. The SMILES string of the molecule is C=C(NC(=C(C)C)c1cc(C(=O)N2CC(c3ccc(C#N)cc3)C2)ccc1C)C1CCN(C)CC1. The molecule has 0 unspecified atom stereocenters. The lowest BCUT2D eigenvalue weighted by atomic mass is 9.90. The molecular weight excluding hydrogens is 432 g/mol. The summed E-state index contributed by atoms with van der Waals surface area (Å²) in [5.74, 6) is 0.855. The Kier molecular flexibility index (Phi) is 7.42. The van der Waals surface area contributed by atoms with E-state index in [1.807, 2.05) is 47.4 Å². The van der Waals surface area contributed by atoms with Crippen LogP contribution in [0.15, 0.2) is 60.3 Å². The number of nitriles is 1. The van der Waals surface area contributed by atoms with E-state index in [9.17, 15) is 4.79 Å². The highest BCUT2D eigenvalue weighted by Crippen LogP contribution is 2.31. The van der Waals surface area contributed by atoms with Crippen molar-refractivity contribution in [3.05, 3.63) is 88.1 Å². The molecule has 4 rings (SSSR count). The van der Waals surface area contributed by atoms with E-state index >= 15 is 0 Å². The van der Waals surface area contributed by atoms with Crippen molar-refractivity contribution in [3.8, 4) is 6.07 Å². The number of nitrogens with zero attached hydrogens (tertiary/aromatic N) is 3. The third-order valence-corrected chi connectivity index (χ3v) is 7.43. The van der Waals surface area contributed by atoms with Gasteiger partial charge in [-0.05, 0) is 89.1 Å². The van der Waals surface area contributed by atoms with Gasteiger partial charge in [-0.25, -0.2) is 0 Å². The minimum Gasteiger partial charge on any atom is -0.359 e. The zero-order valence-corrected chi connectivity index (χ0v) is 21.4. The third-order valence-electron chi connectivity index (χ3n) is 7.43. The van der Waals surface area contributed by atoms with Crippen LogP contribution in [0.1, 0.15) is 65.2 Å². The number of nitrogens with one attached hydrogen (secondary N) is 1. The Balaban J connectivity index is 1.46. The minimum absolute atomic E-state index is 0.0680. The summed E-state index contributed by atoms with van der Waals surface area (Å²) in [6.07, 6.45) is 2.23. The highest BCUT2D eigenvalue weighted by molar-refractivity contribution is 5.96. The molecule has 1 amide bonds. The molecule has 1 N–H and O–H groups in total. The smallest absolute Gasteiger partial charge is 0.253 e. The summed E-state index contributed by atoms with van der Waals surface area (Å²) in [4.78, 5) is 17.6. The number of hydrogen-bond acceptors (Lipinski definition) is 4. The molecule has 0 saturated carbocycles. The molecule has 0 aliphatic carbocycles. The molecule has 0 aromatic heterocycles. The van der Waals surface area contributed by atoms with Crippen LogP contribution in [0.5, 0.6) is 0 Å². The van der Waals surface area contributed by atoms with E-state index in [0.29, 0.717) is 36.1 Å². The van der Waals surface area contributed by atoms with Crippen molar-refractivity contribution >= 4 is 11.6 Å². The normalized spacial score (nSPS) is 16.8. The molecule has 5 nitrogen and oxygen atoms in total. The largest absolute Gasteiger partial charge is 0.359 e. The van der Waals surface area contributed by atoms with Crippen LogP contribution in [0, 0.1) is 24.2 Å². The lowest BCUT2D eigenvalue weighted by Gasteiger charge is -2.39. The molecule has 2 heterocycles. The molecule has 2 aromatic rings. The van der Waals surface area contributed by atoms with Crippen molar-refractivity contribution in [2.24, 2.45) is 5.92 Å². The lowest BCUT2D eigenvalue weighted by molar-refractivity contribution is 0.0602. The van der Waals surface area contributed by atoms with Gasteiger partial charge in [0.25, 0.3) is 5.91 Å². The highest BCUT2D eigenvalue weighted by Gasteiger charge is 2.32. The van der Waals surface area contributed by atoms with E-state index in [2.05, 4.69) is 50.7 Å². The molecule has 35 heavy (non-hydrogen) atoms. The molecule has 0 atom stereocenters. The Morgan fingerprint density at radius 3 is 2.34 bits per heavy atom. The van der Waals surface area contributed by atoms with E-state index in [4.69, 9.17) is 5.26 Å². The van der Waals surface area contributed by atoms with Gasteiger partial charge in [0.2, 0.25) is 0 Å². The minimum atomic E-state index is 0.0680. The molecule has 2 fully saturated rings. The zero-order valence-electron chi connectivity index (χ0n) is 21.4. The number of likely N-dealkylation sites (tertiary alicyclic amines) is 2. The topological polar surface area (TPSA) is 59.4 Å². The van der Waals surface area contributed by atoms with Gasteiger partial charge in [0, 0.05) is 47.4 Å². The first-order valence-corrected chi connectivity index (χ1v) is 12.5. The molecule has 0 radical (unpaired) electrons. The average molecular weight is 469 g/mol. The van der Waals surface area contributed by atoms with E-state index in [-0.39, 0.29) is 5.91 Å². The molecule has 2 saturated heterocycles. The van der Waals surface area contributed by atoms with Crippen molar-refractivity contribution in [3.63, 3.8) is 0 Å². The molecule has 182 valence electrons. The van der Waals surface area contributed by atoms with Gasteiger partial charge in [0.15, 0.2) is 0 Å². The van der Waals surface area contributed by atoms with E-state index in [1.54, 1.807) is 0 Å². The van der Waals surface area contributed by atoms with Crippen LogP contribution in [0.4, 0.5) is 0 Å². The van der Waals surface area contributed by atoms with E-state index in [1.165, 1.54) is 11.1 Å². The van der Waals surface area contributed by atoms with Crippen molar-refractivity contribution in [1.82, 2.24) is 15.1 Å². The maximum absolute atomic E-state index is 13.3. The van der Waals surface area contributed by atoms with E-state index < -0.39 is 0 Å². The van der Waals surface area contributed by atoms with Crippen molar-refractivity contribution in [2.75, 3.05) is 33.2 Å². The quantitative estimate of drug-likeness (QED) is 0.625. The zero-order chi connectivity index (χ0) is 25.1. The fraction of sp³-hybridized carbons (Fsp3) is 0.400. The third kappa shape index (κ3) is 5.49. The van der Waals surface area contributed by atoms with Crippen molar-refractivity contribution < 1.29 is 4.79 Å². The number of carbonyl (C=O) groups is 1. The standard InChI is InChI=1S/C30H36N4O/c1-20(2)29(32-22(4)24-12-14-33(5)15-13-24)28-16-26(9-6-21(28)3)30(35)34-18-27(19-34)25-10-7-23(17-31)8-11-25/h6-11,16,24,27,32H,4,12-15,18-19H2,1-3,5H3. The second-order valence-electron chi connectivity index (χ2n) is 10.3. The summed E-state index contributed by atoms with van der Waals surface area (Å²) in [5, 5.41) is 12.6. The van der Waals surface area contributed by atoms with Crippen molar-refractivity contribution in [1.29, 1.82) is 5.26 Å². The predicted molar refractivity (Wildman–Crippen MR) is 142 cm³/mol. The highest BCUT2D eigenvalue weighted by atomic mass is 16.2. The molecule has 0 bridgehead atoms. The summed E-state index contributed by atoms with van der Waals surface area (Å²) < 4.78 is 0. The molecule has 2 aliphatic heterocycles. The summed E-state index contributed by atoms with van der Waals surface area (Å²) in [5.41, 5.74) is 8.07. The first kappa shape index (κ1) is 24.8. The van der Waals surface area contributed by atoms with Crippen LogP contribution >= 0.6 is 0 Å². The second kappa shape index (κ2) is 10.5. The first-order chi connectivity index (χ1) is 16.8. The fourth-order valence-electron chi connectivity index (χ4n) is 4.97. The van der Waals surface area contributed by atoms with Crippen LogP contribution in [0.3, 0.4) is 0 Å². The van der Waals surface area contributed by atoms with Crippen LogP contribution in [-0.2, 0) is 0 Å². The van der Waals surface area contributed by atoms with Crippen LogP contribution in [0.25, 0.3) is 5.70 Å². The summed E-state index contributed by atoms with van der Waals surface area (Å²) in [7, 11) is 2.17. The predicted octanol–water partition coefficient (Wildman–Crippen LogP) is 5.30. The maximum atomic E-state index is 13.3. The molecule has 5 heteroatoms. The van der Waals surface area contributed by atoms with Gasteiger partial charge in [-0.15, -0.1) is 0 Å². The molecular formula is C30H36N4O. The number of amides is 1. The number of benzene rings is 2. The van der Waals surface area contributed by atoms with Gasteiger partial charge in [-0.1, -0.05) is 30.4 Å². The second-order valence-corrected chi connectivity index (χ2v) is 10.3. The number of allylic oxidation sites excluding steroid dienone is 2. The van der Waals surface area contributed by atoms with Crippen LogP contribution in [0.2, 0.25) is 0 Å². The molecule has 2 aliphatic rings. The number of aryl methyl sites for hydroxylation is 1. The van der Waals surface area contributed by atoms with Gasteiger partial charge in [0.1, 0.15) is 0 Å². The van der Waals surface area contributed by atoms with Crippen LogP contribution in [-0.4, -0.2) is 48.9 Å². The number of rotatable bonds is 6. The summed E-state index contributed by atoms with van der Waals surface area (Å²) in [6, 6.07) is 15.9. The molecule has 0 spiro atoms.